The highest BCUT2D eigenvalue weighted by molar-refractivity contribution is 5.92. The van der Waals surface area contributed by atoms with Crippen LogP contribution in [-0.4, -0.2) is 66.2 Å². The smallest absolute Gasteiger partial charge is 0.409 e. The zero-order valence-electron chi connectivity index (χ0n) is 18.9. The predicted octanol–water partition coefficient (Wildman–Crippen LogP) is 4.62. The van der Waals surface area contributed by atoms with Crippen molar-refractivity contribution in [2.45, 2.75) is 31.8 Å². The Hall–Kier alpha value is -3.06. The molecule has 1 aromatic heterocycles. The largest absolute Gasteiger partial charge is 0.448 e. The average Bonchev–Trinajstić information content (AvgIpc) is 3.34. The number of rotatable bonds is 5. The lowest BCUT2D eigenvalue weighted by Crippen LogP contribution is -2.50. The average molecular weight is 451 g/mol. The molecule has 2 aromatic carbocycles. The van der Waals surface area contributed by atoms with Gasteiger partial charge in [-0.1, -0.05) is 30.7 Å². The Kier molecular flexibility index (Phi) is 6.48. The molecule has 7 heteroatoms. The summed E-state index contributed by atoms with van der Waals surface area (Å²) in [6.07, 6.45) is 4.89. The number of likely N-dealkylation sites (tertiary alicyclic amines) is 1. The van der Waals surface area contributed by atoms with Gasteiger partial charge in [0.25, 0.3) is 0 Å². The first-order chi connectivity index (χ1) is 16.2. The van der Waals surface area contributed by atoms with E-state index in [2.05, 4.69) is 39.0 Å². The van der Waals surface area contributed by atoms with Crippen molar-refractivity contribution < 1.29 is 13.9 Å². The van der Waals surface area contributed by atoms with E-state index < -0.39 is 0 Å². The highest BCUT2D eigenvalue weighted by Crippen LogP contribution is 2.27. The van der Waals surface area contributed by atoms with Gasteiger partial charge in [0, 0.05) is 67.1 Å². The molecule has 3 aromatic rings. The maximum absolute atomic E-state index is 14.1. The van der Waals surface area contributed by atoms with Crippen LogP contribution in [0.2, 0.25) is 0 Å². The SMILES string of the molecule is O=C(OCC1CCCCN1Cc1ccccc1F)N1CCN(c2cccc3[nH]ccc23)CC1. The molecule has 1 amide bonds. The van der Waals surface area contributed by atoms with Crippen LogP contribution in [0.3, 0.4) is 0 Å². The Balaban J connectivity index is 1.14. The Morgan fingerprint density at radius 1 is 1.00 bits per heavy atom. The fraction of sp³-hybridized carbons (Fsp3) is 0.423. The topological polar surface area (TPSA) is 51.8 Å². The zero-order valence-corrected chi connectivity index (χ0v) is 18.9. The number of hydrogen-bond donors (Lipinski definition) is 1. The first-order valence-electron chi connectivity index (χ1n) is 11.9. The monoisotopic (exact) mass is 450 g/mol. The fourth-order valence-electron chi connectivity index (χ4n) is 5.04. The van der Waals surface area contributed by atoms with Gasteiger partial charge >= 0.3 is 6.09 Å². The van der Waals surface area contributed by atoms with Crippen LogP contribution < -0.4 is 4.90 Å². The molecule has 3 heterocycles. The van der Waals surface area contributed by atoms with Crippen molar-refractivity contribution in [3.63, 3.8) is 0 Å². The van der Waals surface area contributed by atoms with Crippen molar-refractivity contribution in [1.29, 1.82) is 0 Å². The third kappa shape index (κ3) is 4.83. The van der Waals surface area contributed by atoms with E-state index in [0.717, 1.165) is 44.4 Å². The summed E-state index contributed by atoms with van der Waals surface area (Å²) < 4.78 is 19.9. The molecule has 2 aliphatic heterocycles. The lowest BCUT2D eigenvalue weighted by molar-refractivity contribution is 0.0451. The van der Waals surface area contributed by atoms with Crippen LogP contribution in [0.15, 0.2) is 54.7 Å². The molecule has 2 saturated heterocycles. The standard InChI is InChI=1S/C26H31FN4O2/c27-23-8-2-1-6-20(23)18-31-13-4-3-7-21(31)19-33-26(32)30-16-14-29(15-17-30)25-10-5-9-24-22(25)11-12-28-24/h1-2,5-6,8-12,21,28H,3-4,7,13-19H2. The van der Waals surface area contributed by atoms with E-state index in [-0.39, 0.29) is 18.0 Å². The summed E-state index contributed by atoms with van der Waals surface area (Å²) in [5, 5.41) is 1.21. The molecule has 33 heavy (non-hydrogen) atoms. The Morgan fingerprint density at radius 3 is 2.70 bits per heavy atom. The van der Waals surface area contributed by atoms with E-state index in [1.54, 1.807) is 11.0 Å². The number of benzene rings is 2. The second-order valence-corrected chi connectivity index (χ2v) is 8.98. The van der Waals surface area contributed by atoms with Crippen LogP contribution in [0.1, 0.15) is 24.8 Å². The van der Waals surface area contributed by atoms with Gasteiger partial charge in [-0.2, -0.15) is 0 Å². The number of ether oxygens (including phenoxy) is 1. The molecular weight excluding hydrogens is 419 g/mol. The lowest BCUT2D eigenvalue weighted by Gasteiger charge is -2.37. The van der Waals surface area contributed by atoms with Crippen LogP contribution in [0.4, 0.5) is 14.9 Å². The molecule has 1 N–H and O–H groups in total. The third-order valence-corrected chi connectivity index (χ3v) is 6.93. The van der Waals surface area contributed by atoms with E-state index in [0.29, 0.717) is 31.8 Å². The van der Waals surface area contributed by atoms with E-state index in [4.69, 9.17) is 4.74 Å². The van der Waals surface area contributed by atoms with Gasteiger partial charge in [0.2, 0.25) is 0 Å². The van der Waals surface area contributed by atoms with Crippen molar-refractivity contribution in [2.24, 2.45) is 0 Å². The van der Waals surface area contributed by atoms with Crippen molar-refractivity contribution in [1.82, 2.24) is 14.8 Å². The molecular formula is C26H31FN4O2. The summed E-state index contributed by atoms with van der Waals surface area (Å²) in [4.78, 5) is 22.4. The minimum absolute atomic E-state index is 0.134. The molecule has 1 atom stereocenters. The number of halogens is 1. The van der Waals surface area contributed by atoms with Crippen LogP contribution in [0.5, 0.6) is 0 Å². The first-order valence-corrected chi connectivity index (χ1v) is 11.9. The van der Waals surface area contributed by atoms with Crippen molar-refractivity contribution in [3.05, 3.63) is 66.1 Å². The summed E-state index contributed by atoms with van der Waals surface area (Å²) in [6, 6.07) is 15.4. The Bertz CT molecular complexity index is 1090. The summed E-state index contributed by atoms with van der Waals surface area (Å²) in [5.41, 5.74) is 3.03. The van der Waals surface area contributed by atoms with Crippen molar-refractivity contribution in [3.8, 4) is 0 Å². The van der Waals surface area contributed by atoms with Crippen LogP contribution in [-0.2, 0) is 11.3 Å². The number of nitrogens with one attached hydrogen (secondary N) is 1. The molecule has 0 spiro atoms. The van der Waals surface area contributed by atoms with Gasteiger partial charge in [0.1, 0.15) is 12.4 Å². The normalized spacial score (nSPS) is 19.7. The van der Waals surface area contributed by atoms with Gasteiger partial charge < -0.3 is 19.5 Å². The number of hydrogen-bond acceptors (Lipinski definition) is 4. The number of piperidine rings is 1. The molecule has 174 valence electrons. The van der Waals surface area contributed by atoms with Gasteiger partial charge in [-0.15, -0.1) is 0 Å². The third-order valence-electron chi connectivity index (χ3n) is 6.93. The summed E-state index contributed by atoms with van der Waals surface area (Å²) in [5.74, 6) is -0.174. The van der Waals surface area contributed by atoms with Gasteiger partial charge in [-0.05, 0) is 43.7 Å². The second-order valence-electron chi connectivity index (χ2n) is 8.98. The highest BCUT2D eigenvalue weighted by atomic mass is 19.1. The molecule has 1 unspecified atom stereocenters. The van der Waals surface area contributed by atoms with E-state index in [1.807, 2.05) is 18.3 Å². The molecule has 0 bridgehead atoms. The van der Waals surface area contributed by atoms with E-state index in [9.17, 15) is 9.18 Å². The fourth-order valence-corrected chi connectivity index (χ4v) is 5.04. The summed E-state index contributed by atoms with van der Waals surface area (Å²) >= 11 is 0. The van der Waals surface area contributed by atoms with Crippen molar-refractivity contribution >= 4 is 22.7 Å². The maximum atomic E-state index is 14.1. The first kappa shape index (κ1) is 21.8. The van der Waals surface area contributed by atoms with E-state index >= 15 is 0 Å². The van der Waals surface area contributed by atoms with Crippen LogP contribution in [0.25, 0.3) is 10.9 Å². The van der Waals surface area contributed by atoms with Crippen LogP contribution >= 0.6 is 0 Å². The van der Waals surface area contributed by atoms with Gasteiger partial charge in [-0.3, -0.25) is 4.90 Å². The molecule has 2 aliphatic rings. The lowest BCUT2D eigenvalue weighted by atomic mass is 10.0. The van der Waals surface area contributed by atoms with E-state index in [1.165, 1.54) is 17.1 Å². The zero-order chi connectivity index (χ0) is 22.6. The number of aromatic nitrogens is 1. The number of amides is 1. The highest BCUT2D eigenvalue weighted by Gasteiger charge is 2.27. The maximum Gasteiger partial charge on any atom is 0.409 e. The quantitative estimate of drug-likeness (QED) is 0.616. The Labute approximate surface area is 193 Å². The number of anilines is 1. The Morgan fingerprint density at radius 2 is 1.85 bits per heavy atom. The molecule has 0 aliphatic carbocycles. The molecule has 6 nitrogen and oxygen atoms in total. The number of fused-ring (bicyclic) bond motifs is 1. The number of carbonyl (C=O) groups is 1. The number of carbonyl (C=O) groups excluding carboxylic acids is 1. The molecule has 5 rings (SSSR count). The number of H-pyrrole nitrogens is 1. The molecule has 0 saturated carbocycles. The summed E-state index contributed by atoms with van der Waals surface area (Å²) in [6.45, 7) is 4.66. The van der Waals surface area contributed by atoms with Gasteiger partial charge in [-0.25, -0.2) is 9.18 Å². The number of aromatic amines is 1. The predicted molar refractivity (Wildman–Crippen MR) is 128 cm³/mol. The number of piperazine rings is 1. The minimum atomic E-state index is -0.245. The number of nitrogens with zero attached hydrogens (tertiary/aromatic N) is 3. The minimum Gasteiger partial charge on any atom is -0.448 e. The van der Waals surface area contributed by atoms with Gasteiger partial charge in [0.05, 0.1) is 0 Å². The summed E-state index contributed by atoms with van der Waals surface area (Å²) in [7, 11) is 0. The molecule has 0 radical (unpaired) electrons. The second kappa shape index (κ2) is 9.83. The molecule has 2 fully saturated rings. The van der Waals surface area contributed by atoms with Crippen LogP contribution in [0, 0.1) is 5.82 Å². The van der Waals surface area contributed by atoms with Gasteiger partial charge in [0.15, 0.2) is 0 Å². The van der Waals surface area contributed by atoms with Crippen molar-refractivity contribution in [2.75, 3.05) is 44.2 Å².